The van der Waals surface area contributed by atoms with Gasteiger partial charge in [-0.2, -0.15) is 0 Å². The Hall–Kier alpha value is -1.86. The third-order valence-corrected chi connectivity index (χ3v) is 3.62. The van der Waals surface area contributed by atoms with Crippen LogP contribution in [0.1, 0.15) is 23.7 Å². The Labute approximate surface area is 118 Å². The molecule has 3 N–H and O–H groups in total. The van der Waals surface area contributed by atoms with Crippen LogP contribution < -0.4 is 10.0 Å². The number of rotatable bonds is 7. The van der Waals surface area contributed by atoms with Crippen LogP contribution >= 0.6 is 0 Å². The van der Waals surface area contributed by atoms with Crippen molar-refractivity contribution < 1.29 is 18.3 Å². The molecule has 0 saturated carbocycles. The standard InChI is InChI=1S/C13H18N2O4S/c1-3-7-15(8-4-2)12-6-5-10(20(14,18)19)9-11(12)13(16)17/h3,5-6,9H,1,4,7-8H2,2H3,(H,16,17)(H2,14,18,19). The molecule has 0 amide bonds. The molecule has 110 valence electrons. The third-order valence-electron chi connectivity index (χ3n) is 2.71. The second-order valence-corrected chi connectivity index (χ2v) is 5.83. The number of hydrogen-bond donors (Lipinski definition) is 2. The third kappa shape index (κ3) is 3.82. The van der Waals surface area contributed by atoms with Gasteiger partial charge in [0.2, 0.25) is 10.0 Å². The van der Waals surface area contributed by atoms with E-state index in [1.807, 2.05) is 11.8 Å². The average Bonchev–Trinajstić information content (AvgIpc) is 2.36. The monoisotopic (exact) mass is 298 g/mol. The summed E-state index contributed by atoms with van der Waals surface area (Å²) in [6.07, 6.45) is 2.48. The number of nitrogens with two attached hydrogens (primary N) is 1. The maximum atomic E-state index is 11.3. The highest BCUT2D eigenvalue weighted by atomic mass is 32.2. The van der Waals surface area contributed by atoms with Crippen molar-refractivity contribution in [2.75, 3.05) is 18.0 Å². The van der Waals surface area contributed by atoms with Crippen molar-refractivity contribution in [3.05, 3.63) is 36.4 Å². The van der Waals surface area contributed by atoms with Crippen LogP contribution in [0.2, 0.25) is 0 Å². The molecule has 0 radical (unpaired) electrons. The molecule has 6 nitrogen and oxygen atoms in total. The van der Waals surface area contributed by atoms with Crippen LogP contribution in [-0.2, 0) is 10.0 Å². The van der Waals surface area contributed by atoms with E-state index in [4.69, 9.17) is 5.14 Å². The van der Waals surface area contributed by atoms with E-state index in [1.54, 1.807) is 6.08 Å². The highest BCUT2D eigenvalue weighted by Gasteiger charge is 2.19. The lowest BCUT2D eigenvalue weighted by atomic mass is 10.1. The number of nitrogens with zero attached hydrogens (tertiary/aromatic N) is 1. The van der Waals surface area contributed by atoms with Crippen molar-refractivity contribution in [1.29, 1.82) is 0 Å². The first-order valence-electron chi connectivity index (χ1n) is 6.07. The largest absolute Gasteiger partial charge is 0.478 e. The minimum Gasteiger partial charge on any atom is -0.478 e. The van der Waals surface area contributed by atoms with E-state index in [-0.39, 0.29) is 10.5 Å². The molecule has 20 heavy (non-hydrogen) atoms. The van der Waals surface area contributed by atoms with Crippen LogP contribution in [0.25, 0.3) is 0 Å². The van der Waals surface area contributed by atoms with Crippen LogP contribution in [-0.4, -0.2) is 32.6 Å². The zero-order valence-electron chi connectivity index (χ0n) is 11.2. The number of hydrogen-bond acceptors (Lipinski definition) is 4. The number of sulfonamides is 1. The molecule has 0 aromatic heterocycles. The van der Waals surface area contributed by atoms with E-state index in [0.717, 1.165) is 12.5 Å². The number of benzene rings is 1. The first-order valence-corrected chi connectivity index (χ1v) is 7.61. The second-order valence-electron chi connectivity index (χ2n) is 4.26. The Morgan fingerprint density at radius 1 is 1.50 bits per heavy atom. The van der Waals surface area contributed by atoms with Gasteiger partial charge in [0.1, 0.15) is 0 Å². The zero-order valence-corrected chi connectivity index (χ0v) is 12.1. The van der Waals surface area contributed by atoms with Gasteiger partial charge in [-0.25, -0.2) is 18.4 Å². The van der Waals surface area contributed by atoms with Gasteiger partial charge in [-0.05, 0) is 24.6 Å². The van der Waals surface area contributed by atoms with E-state index in [1.165, 1.54) is 12.1 Å². The molecular formula is C13H18N2O4S. The molecule has 0 saturated heterocycles. The molecule has 1 rings (SSSR count). The number of carbonyl (C=O) groups is 1. The van der Waals surface area contributed by atoms with Gasteiger partial charge in [-0.15, -0.1) is 6.58 Å². The molecule has 1 aromatic rings. The Morgan fingerprint density at radius 3 is 2.60 bits per heavy atom. The number of carboxylic acid groups (broad SMARTS) is 1. The molecule has 0 aliphatic heterocycles. The van der Waals surface area contributed by atoms with Gasteiger partial charge < -0.3 is 10.0 Å². The molecule has 0 atom stereocenters. The number of anilines is 1. The number of primary sulfonamides is 1. The Kier molecular flexibility index (Phi) is 5.29. The summed E-state index contributed by atoms with van der Waals surface area (Å²) < 4.78 is 22.6. The summed E-state index contributed by atoms with van der Waals surface area (Å²) in [6.45, 7) is 6.72. The second kappa shape index (κ2) is 6.53. The summed E-state index contributed by atoms with van der Waals surface area (Å²) in [4.78, 5) is 12.9. The van der Waals surface area contributed by atoms with E-state index in [0.29, 0.717) is 18.8 Å². The summed E-state index contributed by atoms with van der Waals surface area (Å²) >= 11 is 0. The van der Waals surface area contributed by atoms with Crippen molar-refractivity contribution in [2.45, 2.75) is 18.2 Å². The molecule has 0 fully saturated rings. The van der Waals surface area contributed by atoms with Crippen molar-refractivity contribution in [3.8, 4) is 0 Å². The minimum absolute atomic E-state index is 0.0909. The maximum Gasteiger partial charge on any atom is 0.337 e. The lowest BCUT2D eigenvalue weighted by Crippen LogP contribution is -2.26. The lowest BCUT2D eigenvalue weighted by molar-refractivity contribution is 0.0697. The van der Waals surface area contributed by atoms with Crippen LogP contribution in [0, 0.1) is 0 Å². The van der Waals surface area contributed by atoms with Gasteiger partial charge in [0, 0.05) is 13.1 Å². The molecule has 0 bridgehead atoms. The summed E-state index contributed by atoms with van der Waals surface area (Å²) in [5.41, 5.74) is 0.360. The SMILES string of the molecule is C=CCN(CCC)c1ccc(S(N)(=O)=O)cc1C(=O)O. The van der Waals surface area contributed by atoms with E-state index in [2.05, 4.69) is 6.58 Å². The molecule has 0 unspecified atom stereocenters. The predicted octanol–water partition coefficient (Wildman–Crippen LogP) is 1.43. The van der Waals surface area contributed by atoms with Crippen LogP contribution in [0.4, 0.5) is 5.69 Å². The molecule has 0 aliphatic rings. The van der Waals surface area contributed by atoms with Crippen LogP contribution in [0.15, 0.2) is 35.7 Å². The van der Waals surface area contributed by atoms with Gasteiger partial charge in [0.25, 0.3) is 0 Å². The van der Waals surface area contributed by atoms with E-state index < -0.39 is 16.0 Å². The minimum atomic E-state index is -3.93. The zero-order chi connectivity index (χ0) is 15.3. The van der Waals surface area contributed by atoms with Crippen molar-refractivity contribution in [1.82, 2.24) is 0 Å². The summed E-state index contributed by atoms with van der Waals surface area (Å²) in [7, 11) is -3.93. The Balaban J connectivity index is 3.39. The van der Waals surface area contributed by atoms with Crippen molar-refractivity contribution in [2.24, 2.45) is 5.14 Å². The molecule has 0 aliphatic carbocycles. The molecule has 0 spiro atoms. The fraction of sp³-hybridized carbons (Fsp3) is 0.308. The van der Waals surface area contributed by atoms with E-state index in [9.17, 15) is 18.3 Å². The topological polar surface area (TPSA) is 101 Å². The maximum absolute atomic E-state index is 11.3. The van der Waals surface area contributed by atoms with Crippen molar-refractivity contribution in [3.63, 3.8) is 0 Å². The lowest BCUT2D eigenvalue weighted by Gasteiger charge is -2.24. The average molecular weight is 298 g/mol. The number of aromatic carboxylic acids is 1. The number of carboxylic acids is 1. The molecule has 1 aromatic carbocycles. The molecule has 0 heterocycles. The summed E-state index contributed by atoms with van der Waals surface area (Å²) in [5.74, 6) is -1.20. The van der Waals surface area contributed by atoms with Gasteiger partial charge >= 0.3 is 5.97 Å². The van der Waals surface area contributed by atoms with Gasteiger partial charge in [0.05, 0.1) is 16.1 Å². The highest BCUT2D eigenvalue weighted by molar-refractivity contribution is 7.89. The fourth-order valence-electron chi connectivity index (χ4n) is 1.88. The van der Waals surface area contributed by atoms with Crippen molar-refractivity contribution >= 4 is 21.7 Å². The smallest absolute Gasteiger partial charge is 0.337 e. The summed E-state index contributed by atoms with van der Waals surface area (Å²) in [5, 5.41) is 14.3. The van der Waals surface area contributed by atoms with Crippen LogP contribution in [0.5, 0.6) is 0 Å². The quantitative estimate of drug-likeness (QED) is 0.742. The highest BCUT2D eigenvalue weighted by Crippen LogP contribution is 2.24. The van der Waals surface area contributed by atoms with Crippen LogP contribution in [0.3, 0.4) is 0 Å². The van der Waals surface area contributed by atoms with Gasteiger partial charge in [0.15, 0.2) is 0 Å². The first kappa shape index (κ1) is 16.2. The summed E-state index contributed by atoms with van der Waals surface area (Å²) in [6, 6.07) is 3.85. The Morgan fingerprint density at radius 2 is 2.15 bits per heavy atom. The normalized spacial score (nSPS) is 11.1. The van der Waals surface area contributed by atoms with Gasteiger partial charge in [-0.1, -0.05) is 13.0 Å². The van der Waals surface area contributed by atoms with Gasteiger partial charge in [-0.3, -0.25) is 0 Å². The van der Waals surface area contributed by atoms with E-state index >= 15 is 0 Å². The molecular weight excluding hydrogens is 280 g/mol. The fourth-order valence-corrected chi connectivity index (χ4v) is 2.41. The molecule has 7 heteroatoms. The first-order chi connectivity index (χ1) is 9.31. The Bertz CT molecular complexity index is 611. The predicted molar refractivity (Wildman–Crippen MR) is 77.5 cm³/mol.